The largest absolute Gasteiger partial charge is 0.387 e. The van der Waals surface area contributed by atoms with Crippen LogP contribution in [0.1, 0.15) is 71.9 Å². The maximum absolute atomic E-state index is 2.74. The van der Waals surface area contributed by atoms with E-state index in [2.05, 4.69) is 131 Å². The lowest BCUT2D eigenvalue weighted by atomic mass is 9.52. The van der Waals surface area contributed by atoms with Crippen molar-refractivity contribution in [1.82, 2.24) is 9.53 Å². The van der Waals surface area contributed by atoms with E-state index >= 15 is 0 Å². The Morgan fingerprint density at radius 1 is 0.875 bits per heavy atom. The molecule has 172 valence electrons. The second-order valence-electron chi connectivity index (χ2n) is 10.7. The highest BCUT2D eigenvalue weighted by atomic mass is 15.4. The molecule has 0 aliphatic carbocycles. The third kappa shape index (κ3) is 4.65. The second kappa shape index (κ2) is 10.1. The van der Waals surface area contributed by atoms with Crippen molar-refractivity contribution in [3.63, 3.8) is 0 Å². The van der Waals surface area contributed by atoms with Crippen LogP contribution in [0.2, 0.25) is 13.6 Å². The van der Waals surface area contributed by atoms with E-state index < -0.39 is 0 Å². The Hall–Kier alpha value is -1.71. The van der Waals surface area contributed by atoms with Crippen LogP contribution in [0.25, 0.3) is 0 Å². The molecule has 0 aromatic heterocycles. The lowest BCUT2D eigenvalue weighted by Crippen LogP contribution is -2.78. The van der Waals surface area contributed by atoms with Gasteiger partial charge in [0, 0.05) is 12.2 Å². The maximum Gasteiger partial charge on any atom is 0.331 e. The van der Waals surface area contributed by atoms with Gasteiger partial charge >= 0.3 is 6.98 Å². The van der Waals surface area contributed by atoms with Crippen LogP contribution in [0.4, 0.5) is 5.69 Å². The van der Waals surface area contributed by atoms with Crippen molar-refractivity contribution in [3.8, 4) is 0 Å². The number of hydrogen-bond acceptors (Lipinski definition) is 3. The van der Waals surface area contributed by atoms with Crippen molar-refractivity contribution in [1.29, 1.82) is 0 Å². The normalized spacial score (nSPS) is 24.3. The van der Waals surface area contributed by atoms with Crippen LogP contribution in [0.3, 0.4) is 0 Å². The number of hydrogen-bond donors (Lipinski definition) is 0. The Morgan fingerprint density at radius 3 is 2.03 bits per heavy atom. The zero-order chi connectivity index (χ0) is 23.6. The Balaban J connectivity index is 0.000000913. The summed E-state index contributed by atoms with van der Waals surface area (Å²) < 4.78 is 2.68. The van der Waals surface area contributed by atoms with Gasteiger partial charge in [0.1, 0.15) is 0 Å². The van der Waals surface area contributed by atoms with Gasteiger partial charge in [-0.05, 0) is 61.4 Å². The Labute approximate surface area is 198 Å². The molecule has 0 N–H and O–H groups in total. The summed E-state index contributed by atoms with van der Waals surface area (Å²) >= 11 is 0. The van der Waals surface area contributed by atoms with Crippen molar-refractivity contribution in [3.05, 3.63) is 65.7 Å². The first-order chi connectivity index (χ1) is 15.1. The molecule has 2 aromatic rings. The standard InChI is InChI=1S/C24H35B2N3.C3H8/c1-18-19(2)23-27(17-20-13-11-12-16-22(18)20)25(6)29(24(3,4)5)26(7)28(23)21-14-9-8-10-15-21;1-3-2/h8-16,18-19,23H,17H2,1-7H3;3H2,1-2H3. The van der Waals surface area contributed by atoms with Gasteiger partial charge in [0.05, 0.1) is 6.17 Å². The molecular weight excluding hydrogens is 388 g/mol. The molecule has 2 aliphatic heterocycles. The highest BCUT2D eigenvalue weighted by Gasteiger charge is 2.53. The van der Waals surface area contributed by atoms with Crippen molar-refractivity contribution < 1.29 is 0 Å². The van der Waals surface area contributed by atoms with Crippen LogP contribution >= 0.6 is 0 Å². The fraction of sp³-hybridized carbons (Fsp3) is 0.556. The lowest BCUT2D eigenvalue weighted by molar-refractivity contribution is 0.193. The van der Waals surface area contributed by atoms with Crippen LogP contribution in [-0.4, -0.2) is 35.2 Å². The van der Waals surface area contributed by atoms with E-state index in [1.54, 1.807) is 0 Å². The number of fused-ring (bicyclic) bond motifs is 2. The fourth-order valence-electron chi connectivity index (χ4n) is 5.94. The highest BCUT2D eigenvalue weighted by molar-refractivity contribution is 6.74. The Morgan fingerprint density at radius 2 is 1.44 bits per heavy atom. The molecule has 0 radical (unpaired) electrons. The summed E-state index contributed by atoms with van der Waals surface area (Å²) in [6.07, 6.45) is 1.61. The molecule has 5 heteroatoms. The second-order valence-corrected chi connectivity index (χ2v) is 10.7. The molecule has 3 unspecified atom stereocenters. The molecule has 2 heterocycles. The van der Waals surface area contributed by atoms with Gasteiger partial charge in [-0.1, -0.05) is 90.2 Å². The summed E-state index contributed by atoms with van der Waals surface area (Å²) in [6, 6.07) is 20.1. The van der Waals surface area contributed by atoms with Gasteiger partial charge in [0.15, 0.2) is 0 Å². The molecule has 4 rings (SSSR count). The number of anilines is 1. The summed E-state index contributed by atoms with van der Waals surface area (Å²) in [6.45, 7) is 22.7. The molecule has 0 bridgehead atoms. The van der Waals surface area contributed by atoms with Crippen molar-refractivity contribution in [2.45, 2.75) is 92.7 Å². The molecule has 1 saturated heterocycles. The molecule has 0 saturated carbocycles. The average Bonchev–Trinajstić information content (AvgIpc) is 2.85. The van der Waals surface area contributed by atoms with Crippen molar-refractivity contribution in [2.75, 3.05) is 4.81 Å². The van der Waals surface area contributed by atoms with Crippen LogP contribution in [0.15, 0.2) is 54.6 Å². The maximum atomic E-state index is 2.74. The quantitative estimate of drug-likeness (QED) is 0.458. The zero-order valence-corrected chi connectivity index (χ0v) is 21.8. The van der Waals surface area contributed by atoms with E-state index in [1.807, 2.05) is 0 Å². The molecule has 2 aliphatic rings. The SMILES string of the molecule is CB1N2Cc3ccccc3C(C)C(C)C2N(c2ccccc2)B(C)N1C(C)(C)C.CCC. The molecule has 32 heavy (non-hydrogen) atoms. The monoisotopic (exact) mass is 431 g/mol. The minimum atomic E-state index is 0.0809. The fourth-order valence-corrected chi connectivity index (χ4v) is 5.94. The third-order valence-corrected chi connectivity index (χ3v) is 7.30. The minimum absolute atomic E-state index is 0.0809. The molecule has 1 fully saturated rings. The van der Waals surface area contributed by atoms with E-state index in [1.165, 1.54) is 23.2 Å². The van der Waals surface area contributed by atoms with E-state index in [4.69, 9.17) is 0 Å². The predicted octanol–water partition coefficient (Wildman–Crippen LogP) is 6.84. The van der Waals surface area contributed by atoms with Gasteiger partial charge in [0.2, 0.25) is 0 Å². The number of para-hydroxylation sites is 1. The first-order valence-corrected chi connectivity index (χ1v) is 12.6. The van der Waals surface area contributed by atoms with E-state index in [-0.39, 0.29) is 5.54 Å². The van der Waals surface area contributed by atoms with Gasteiger partial charge in [-0.25, -0.2) is 0 Å². The summed E-state index contributed by atoms with van der Waals surface area (Å²) in [7, 11) is 0. The number of benzene rings is 2. The van der Waals surface area contributed by atoms with E-state index in [0.29, 0.717) is 32.0 Å². The van der Waals surface area contributed by atoms with Crippen LogP contribution in [0, 0.1) is 5.92 Å². The zero-order valence-electron chi connectivity index (χ0n) is 21.8. The average molecular weight is 431 g/mol. The van der Waals surface area contributed by atoms with E-state index in [0.717, 1.165) is 6.54 Å². The first kappa shape index (κ1) is 24.9. The lowest BCUT2D eigenvalue weighted by Gasteiger charge is -2.60. The highest BCUT2D eigenvalue weighted by Crippen LogP contribution is 2.43. The van der Waals surface area contributed by atoms with Crippen LogP contribution in [0.5, 0.6) is 0 Å². The van der Waals surface area contributed by atoms with Crippen molar-refractivity contribution in [2.24, 2.45) is 5.92 Å². The van der Waals surface area contributed by atoms with Gasteiger partial charge in [-0.2, -0.15) is 0 Å². The predicted molar refractivity (Wildman–Crippen MR) is 143 cm³/mol. The molecule has 2 aromatic carbocycles. The smallest absolute Gasteiger partial charge is 0.331 e. The molecule has 3 nitrogen and oxygen atoms in total. The first-order valence-electron chi connectivity index (χ1n) is 12.6. The molecule has 0 spiro atoms. The molecule has 3 atom stereocenters. The van der Waals surface area contributed by atoms with Gasteiger partial charge in [0.25, 0.3) is 6.98 Å². The molecule has 0 amide bonds. The molecular formula is C27H43B2N3. The summed E-state index contributed by atoms with van der Waals surface area (Å²) in [5.41, 5.74) is 4.40. The third-order valence-electron chi connectivity index (χ3n) is 7.30. The Bertz CT molecular complexity index is 867. The van der Waals surface area contributed by atoms with Gasteiger partial charge in [-0.15, -0.1) is 0 Å². The van der Waals surface area contributed by atoms with Crippen LogP contribution < -0.4 is 4.81 Å². The topological polar surface area (TPSA) is 9.72 Å². The number of rotatable bonds is 1. The summed E-state index contributed by atoms with van der Waals surface area (Å²) in [4.78, 5) is 5.42. The minimum Gasteiger partial charge on any atom is -0.387 e. The van der Waals surface area contributed by atoms with E-state index in [9.17, 15) is 0 Å². The van der Waals surface area contributed by atoms with Crippen molar-refractivity contribution >= 4 is 19.7 Å². The van der Waals surface area contributed by atoms with Gasteiger partial charge < -0.3 is 14.3 Å². The Kier molecular flexibility index (Phi) is 7.83. The summed E-state index contributed by atoms with van der Waals surface area (Å²) in [5.74, 6) is 1.04. The summed E-state index contributed by atoms with van der Waals surface area (Å²) in [5, 5.41) is 0. The number of nitrogens with zero attached hydrogens (tertiary/aromatic N) is 3. The van der Waals surface area contributed by atoms with Crippen LogP contribution in [-0.2, 0) is 6.54 Å². The van der Waals surface area contributed by atoms with Gasteiger partial charge in [-0.3, -0.25) is 0 Å².